The van der Waals surface area contributed by atoms with Gasteiger partial charge in [0.05, 0.1) is 0 Å². The summed E-state index contributed by atoms with van der Waals surface area (Å²) in [6.45, 7) is 5.28. The lowest BCUT2D eigenvalue weighted by Gasteiger charge is -2.19. The number of methoxy groups -OCH3 is 1. The van der Waals surface area contributed by atoms with Crippen molar-refractivity contribution < 1.29 is 4.74 Å². The third-order valence-electron chi connectivity index (χ3n) is 2.65. The molecule has 2 atom stereocenters. The van der Waals surface area contributed by atoms with Crippen LogP contribution in [-0.2, 0) is 4.74 Å². The van der Waals surface area contributed by atoms with Crippen molar-refractivity contribution in [3.8, 4) is 0 Å². The summed E-state index contributed by atoms with van der Waals surface area (Å²) < 4.78 is 5.03. The maximum atomic E-state index is 6.04. The molecule has 0 heterocycles. The Kier molecular flexibility index (Phi) is 8.46. The molecule has 0 spiro atoms. The number of rotatable bonds is 8. The molecule has 0 bridgehead atoms. The van der Waals surface area contributed by atoms with E-state index in [-0.39, 0.29) is 0 Å². The minimum Gasteiger partial charge on any atom is -0.385 e. The summed E-state index contributed by atoms with van der Waals surface area (Å²) in [5.41, 5.74) is 6.04. The fraction of sp³-hybridized carbons (Fsp3) is 1.00. The smallest absolute Gasteiger partial charge is 0.0465 e. The summed E-state index contributed by atoms with van der Waals surface area (Å²) >= 11 is 0. The molecule has 0 rings (SSSR count). The van der Waals surface area contributed by atoms with Crippen molar-refractivity contribution in [3.63, 3.8) is 0 Å². The second kappa shape index (κ2) is 8.52. The minimum absolute atomic E-state index is 0.363. The molecule has 2 N–H and O–H groups in total. The summed E-state index contributed by atoms with van der Waals surface area (Å²) in [6, 6.07) is 0.363. The molecule has 0 aromatic rings. The number of unbranched alkanes of at least 4 members (excludes halogenated alkanes) is 2. The lowest BCUT2D eigenvalue weighted by atomic mass is 9.95. The van der Waals surface area contributed by atoms with Crippen LogP contribution in [0, 0.1) is 5.92 Å². The average molecular weight is 187 g/mol. The van der Waals surface area contributed by atoms with Crippen LogP contribution in [0.4, 0.5) is 0 Å². The second-order valence-corrected chi connectivity index (χ2v) is 3.92. The van der Waals surface area contributed by atoms with Gasteiger partial charge in [-0.3, -0.25) is 0 Å². The van der Waals surface area contributed by atoms with E-state index in [2.05, 4.69) is 13.8 Å². The zero-order valence-electron chi connectivity index (χ0n) is 9.38. The van der Waals surface area contributed by atoms with Gasteiger partial charge in [0, 0.05) is 19.8 Å². The van der Waals surface area contributed by atoms with E-state index in [4.69, 9.17) is 10.5 Å². The molecule has 0 aliphatic rings. The molecule has 0 amide bonds. The first-order chi connectivity index (χ1) is 6.22. The fourth-order valence-corrected chi connectivity index (χ4v) is 1.43. The van der Waals surface area contributed by atoms with Crippen molar-refractivity contribution in [2.75, 3.05) is 13.7 Å². The highest BCUT2D eigenvalue weighted by Crippen LogP contribution is 2.12. The van der Waals surface area contributed by atoms with Crippen LogP contribution in [0.3, 0.4) is 0 Å². The quantitative estimate of drug-likeness (QED) is 0.593. The molecule has 0 radical (unpaired) electrons. The molecule has 0 fully saturated rings. The third kappa shape index (κ3) is 7.03. The first kappa shape index (κ1) is 12.9. The number of hydrogen-bond acceptors (Lipinski definition) is 2. The SMILES string of the molecule is CCCCCC(N)C(C)CCOC. The third-order valence-corrected chi connectivity index (χ3v) is 2.65. The van der Waals surface area contributed by atoms with Gasteiger partial charge >= 0.3 is 0 Å². The Morgan fingerprint density at radius 2 is 1.92 bits per heavy atom. The van der Waals surface area contributed by atoms with Crippen LogP contribution in [0.25, 0.3) is 0 Å². The molecule has 0 aliphatic carbocycles. The van der Waals surface area contributed by atoms with E-state index in [0.29, 0.717) is 12.0 Å². The average Bonchev–Trinajstić information content (AvgIpc) is 2.14. The van der Waals surface area contributed by atoms with Crippen LogP contribution < -0.4 is 5.73 Å². The standard InChI is InChI=1S/C11H25NO/c1-4-5-6-7-11(12)10(2)8-9-13-3/h10-11H,4-9,12H2,1-3H3. The molecule has 0 aromatic carbocycles. The molecule has 13 heavy (non-hydrogen) atoms. The van der Waals surface area contributed by atoms with E-state index in [1.165, 1.54) is 25.7 Å². The van der Waals surface area contributed by atoms with Crippen LogP contribution in [0.1, 0.15) is 46.0 Å². The van der Waals surface area contributed by atoms with E-state index in [9.17, 15) is 0 Å². The Morgan fingerprint density at radius 3 is 2.46 bits per heavy atom. The lowest BCUT2D eigenvalue weighted by Crippen LogP contribution is -2.28. The Labute approximate surface area is 82.8 Å². The molecule has 80 valence electrons. The molecule has 0 saturated carbocycles. The first-order valence-corrected chi connectivity index (χ1v) is 5.46. The molecular formula is C11H25NO. The van der Waals surface area contributed by atoms with Gasteiger partial charge in [-0.2, -0.15) is 0 Å². The monoisotopic (exact) mass is 187 g/mol. The maximum Gasteiger partial charge on any atom is 0.0465 e. The molecule has 0 saturated heterocycles. The largest absolute Gasteiger partial charge is 0.385 e. The zero-order valence-corrected chi connectivity index (χ0v) is 9.38. The van der Waals surface area contributed by atoms with Gasteiger partial charge in [-0.15, -0.1) is 0 Å². The Balaban J connectivity index is 3.38. The van der Waals surface area contributed by atoms with Gasteiger partial charge in [-0.1, -0.05) is 33.1 Å². The second-order valence-electron chi connectivity index (χ2n) is 3.92. The number of nitrogens with two attached hydrogens (primary N) is 1. The highest BCUT2D eigenvalue weighted by atomic mass is 16.5. The zero-order chi connectivity index (χ0) is 10.1. The van der Waals surface area contributed by atoms with Crippen LogP contribution in [0.2, 0.25) is 0 Å². The van der Waals surface area contributed by atoms with E-state index < -0.39 is 0 Å². The Morgan fingerprint density at radius 1 is 1.23 bits per heavy atom. The van der Waals surface area contributed by atoms with E-state index >= 15 is 0 Å². The predicted octanol–water partition coefficient (Wildman–Crippen LogP) is 2.57. The van der Waals surface area contributed by atoms with Crippen LogP contribution in [0.15, 0.2) is 0 Å². The topological polar surface area (TPSA) is 35.2 Å². The molecule has 0 aliphatic heterocycles. The fourth-order valence-electron chi connectivity index (χ4n) is 1.43. The van der Waals surface area contributed by atoms with Gasteiger partial charge in [-0.25, -0.2) is 0 Å². The normalized spacial score (nSPS) is 15.7. The molecular weight excluding hydrogens is 162 g/mol. The number of ether oxygens (including phenoxy) is 1. The maximum absolute atomic E-state index is 6.04. The van der Waals surface area contributed by atoms with Crippen LogP contribution >= 0.6 is 0 Å². The van der Waals surface area contributed by atoms with Crippen LogP contribution in [-0.4, -0.2) is 19.8 Å². The highest BCUT2D eigenvalue weighted by molar-refractivity contribution is 4.68. The van der Waals surface area contributed by atoms with E-state index in [0.717, 1.165) is 13.0 Å². The number of hydrogen-bond donors (Lipinski definition) is 1. The molecule has 2 heteroatoms. The van der Waals surface area contributed by atoms with Crippen molar-refractivity contribution in [1.82, 2.24) is 0 Å². The van der Waals surface area contributed by atoms with Gasteiger partial charge in [0.15, 0.2) is 0 Å². The van der Waals surface area contributed by atoms with Crippen molar-refractivity contribution >= 4 is 0 Å². The summed E-state index contributed by atoms with van der Waals surface area (Å²) in [4.78, 5) is 0. The molecule has 0 aromatic heterocycles. The molecule has 2 unspecified atom stereocenters. The minimum atomic E-state index is 0.363. The van der Waals surface area contributed by atoms with E-state index in [1.54, 1.807) is 7.11 Å². The van der Waals surface area contributed by atoms with Gasteiger partial charge in [0.2, 0.25) is 0 Å². The predicted molar refractivity (Wildman–Crippen MR) is 57.8 cm³/mol. The summed E-state index contributed by atoms with van der Waals surface area (Å²) in [6.07, 6.45) is 6.11. The van der Waals surface area contributed by atoms with E-state index in [1.807, 2.05) is 0 Å². The summed E-state index contributed by atoms with van der Waals surface area (Å²) in [7, 11) is 1.75. The Hall–Kier alpha value is -0.0800. The van der Waals surface area contributed by atoms with Crippen molar-refractivity contribution in [1.29, 1.82) is 0 Å². The van der Waals surface area contributed by atoms with Gasteiger partial charge < -0.3 is 10.5 Å². The van der Waals surface area contributed by atoms with Crippen molar-refractivity contribution in [2.45, 2.75) is 52.0 Å². The van der Waals surface area contributed by atoms with Crippen molar-refractivity contribution in [3.05, 3.63) is 0 Å². The summed E-state index contributed by atoms with van der Waals surface area (Å²) in [5.74, 6) is 0.594. The lowest BCUT2D eigenvalue weighted by molar-refractivity contribution is 0.173. The van der Waals surface area contributed by atoms with Gasteiger partial charge in [0.1, 0.15) is 0 Å². The summed E-state index contributed by atoms with van der Waals surface area (Å²) in [5, 5.41) is 0. The Bertz CT molecular complexity index is 106. The first-order valence-electron chi connectivity index (χ1n) is 5.46. The van der Waals surface area contributed by atoms with Gasteiger partial charge in [0.25, 0.3) is 0 Å². The van der Waals surface area contributed by atoms with Crippen LogP contribution in [0.5, 0.6) is 0 Å². The highest BCUT2D eigenvalue weighted by Gasteiger charge is 2.11. The molecule has 2 nitrogen and oxygen atoms in total. The van der Waals surface area contributed by atoms with Crippen molar-refractivity contribution in [2.24, 2.45) is 11.7 Å². The van der Waals surface area contributed by atoms with Gasteiger partial charge in [-0.05, 0) is 18.8 Å².